The average molecular weight is 308 g/mol. The number of nitrogens with zero attached hydrogens (tertiary/aromatic N) is 2. The number of benzene rings is 1. The molecule has 118 valence electrons. The first-order chi connectivity index (χ1) is 11.1. The van der Waals surface area contributed by atoms with Crippen molar-refractivity contribution in [3.63, 3.8) is 0 Å². The molecule has 23 heavy (non-hydrogen) atoms. The molecule has 3 rings (SSSR count). The third kappa shape index (κ3) is 2.96. The Balaban J connectivity index is 2.09. The fourth-order valence-electron chi connectivity index (χ4n) is 2.66. The summed E-state index contributed by atoms with van der Waals surface area (Å²) in [5.41, 5.74) is 11.4. The topological polar surface area (TPSA) is 72.4 Å². The fraction of sp³-hybridized carbons (Fsp3) is 0.222. The van der Waals surface area contributed by atoms with Crippen LogP contribution in [-0.4, -0.2) is 21.8 Å². The number of imidazole rings is 1. The van der Waals surface area contributed by atoms with Crippen molar-refractivity contribution in [3.8, 4) is 11.3 Å². The molecule has 1 aromatic carbocycles. The summed E-state index contributed by atoms with van der Waals surface area (Å²) in [7, 11) is 0. The lowest BCUT2D eigenvalue weighted by molar-refractivity contribution is -0.114. The largest absolute Gasteiger partial charge is 0.324 e. The normalized spacial score (nSPS) is 10.9. The highest BCUT2D eigenvalue weighted by atomic mass is 16.1. The van der Waals surface area contributed by atoms with Crippen LogP contribution < -0.4 is 11.1 Å². The minimum absolute atomic E-state index is 0.0305. The van der Waals surface area contributed by atoms with Crippen molar-refractivity contribution in [3.05, 3.63) is 53.9 Å². The number of pyridine rings is 1. The Bertz CT molecular complexity index is 849. The lowest BCUT2D eigenvalue weighted by Gasteiger charge is -2.06. The number of hydrogen-bond acceptors (Lipinski definition) is 3. The van der Waals surface area contributed by atoms with Gasteiger partial charge < -0.3 is 15.5 Å². The van der Waals surface area contributed by atoms with Crippen LogP contribution in [-0.2, 0) is 11.2 Å². The maximum Gasteiger partial charge on any atom is 0.238 e. The van der Waals surface area contributed by atoms with Crippen molar-refractivity contribution in [1.29, 1.82) is 0 Å². The Morgan fingerprint density at radius 3 is 2.61 bits per heavy atom. The summed E-state index contributed by atoms with van der Waals surface area (Å²) in [5.74, 6) is -0.207. The summed E-state index contributed by atoms with van der Waals surface area (Å²) in [6.07, 6.45) is 2.74. The molecule has 0 radical (unpaired) electrons. The molecule has 0 aliphatic carbocycles. The summed E-state index contributed by atoms with van der Waals surface area (Å²) >= 11 is 0. The molecular weight excluding hydrogens is 288 g/mol. The second kappa shape index (κ2) is 6.22. The van der Waals surface area contributed by atoms with E-state index in [1.54, 1.807) is 0 Å². The van der Waals surface area contributed by atoms with Gasteiger partial charge in [-0.3, -0.25) is 4.79 Å². The highest BCUT2D eigenvalue weighted by Crippen LogP contribution is 2.26. The minimum atomic E-state index is -0.207. The van der Waals surface area contributed by atoms with Gasteiger partial charge in [0.15, 0.2) is 0 Å². The lowest BCUT2D eigenvalue weighted by atomic mass is 10.1. The van der Waals surface area contributed by atoms with Crippen LogP contribution >= 0.6 is 0 Å². The predicted octanol–water partition coefficient (Wildman–Crippen LogP) is 2.77. The van der Waals surface area contributed by atoms with E-state index >= 15 is 0 Å². The number of carbonyl (C=O) groups is 1. The lowest BCUT2D eigenvalue weighted by Crippen LogP contribution is -2.21. The van der Waals surface area contributed by atoms with Crippen LogP contribution in [0.5, 0.6) is 0 Å². The second-order valence-electron chi connectivity index (χ2n) is 5.52. The van der Waals surface area contributed by atoms with Crippen LogP contribution in [0.2, 0.25) is 0 Å². The van der Waals surface area contributed by atoms with Gasteiger partial charge in [-0.25, -0.2) is 4.98 Å². The standard InChI is InChI=1S/C18H20N4O/c1-3-15-18(13-6-4-12(2)5-7-13)21-16-9-8-14(11-22(15)16)20-17(23)10-19/h4-9,11H,3,10,19H2,1-2H3,(H,20,23). The van der Waals surface area contributed by atoms with Gasteiger partial charge in [-0.15, -0.1) is 0 Å². The summed E-state index contributed by atoms with van der Waals surface area (Å²) < 4.78 is 2.03. The first-order valence-electron chi connectivity index (χ1n) is 7.70. The van der Waals surface area contributed by atoms with E-state index in [0.29, 0.717) is 0 Å². The molecular formula is C18H20N4O. The van der Waals surface area contributed by atoms with E-state index in [4.69, 9.17) is 10.7 Å². The Kier molecular flexibility index (Phi) is 4.12. The van der Waals surface area contributed by atoms with E-state index < -0.39 is 0 Å². The highest BCUT2D eigenvalue weighted by molar-refractivity contribution is 5.92. The first-order valence-corrected chi connectivity index (χ1v) is 7.70. The van der Waals surface area contributed by atoms with E-state index in [0.717, 1.165) is 34.7 Å². The van der Waals surface area contributed by atoms with Crippen LogP contribution in [0.1, 0.15) is 18.2 Å². The number of rotatable bonds is 4. The van der Waals surface area contributed by atoms with Crippen molar-refractivity contribution in [2.75, 3.05) is 11.9 Å². The molecule has 2 heterocycles. The molecule has 0 spiro atoms. The Morgan fingerprint density at radius 2 is 1.96 bits per heavy atom. The quantitative estimate of drug-likeness (QED) is 0.778. The van der Waals surface area contributed by atoms with Gasteiger partial charge in [0.25, 0.3) is 0 Å². The number of nitrogens with one attached hydrogen (secondary N) is 1. The van der Waals surface area contributed by atoms with E-state index in [9.17, 15) is 4.79 Å². The third-order valence-corrected chi connectivity index (χ3v) is 3.85. The molecule has 5 heteroatoms. The smallest absolute Gasteiger partial charge is 0.238 e. The first kappa shape index (κ1) is 15.2. The number of anilines is 1. The molecule has 0 aliphatic rings. The van der Waals surface area contributed by atoms with Gasteiger partial charge >= 0.3 is 0 Å². The average Bonchev–Trinajstić information content (AvgIpc) is 2.93. The third-order valence-electron chi connectivity index (χ3n) is 3.85. The summed E-state index contributed by atoms with van der Waals surface area (Å²) in [5, 5.41) is 2.78. The molecule has 1 amide bonds. The second-order valence-corrected chi connectivity index (χ2v) is 5.52. The molecule has 2 aromatic heterocycles. The predicted molar refractivity (Wildman–Crippen MR) is 92.4 cm³/mol. The molecule has 0 saturated heterocycles. The molecule has 0 saturated carbocycles. The fourth-order valence-corrected chi connectivity index (χ4v) is 2.66. The molecule has 3 N–H and O–H groups in total. The molecule has 0 fully saturated rings. The monoisotopic (exact) mass is 308 g/mol. The molecule has 0 atom stereocenters. The molecule has 0 bridgehead atoms. The van der Waals surface area contributed by atoms with E-state index in [1.807, 2.05) is 22.7 Å². The number of hydrogen-bond donors (Lipinski definition) is 2. The zero-order chi connectivity index (χ0) is 16.4. The van der Waals surface area contributed by atoms with Crippen molar-refractivity contribution in [1.82, 2.24) is 9.38 Å². The number of carbonyl (C=O) groups excluding carboxylic acids is 1. The van der Waals surface area contributed by atoms with Crippen LogP contribution in [0.25, 0.3) is 16.9 Å². The van der Waals surface area contributed by atoms with Crippen molar-refractivity contribution >= 4 is 17.2 Å². The van der Waals surface area contributed by atoms with E-state index in [2.05, 4.69) is 43.4 Å². The highest BCUT2D eigenvalue weighted by Gasteiger charge is 2.13. The summed E-state index contributed by atoms with van der Waals surface area (Å²) in [6, 6.07) is 12.1. The van der Waals surface area contributed by atoms with Gasteiger partial charge in [0, 0.05) is 11.8 Å². The van der Waals surface area contributed by atoms with Crippen LogP contribution in [0.15, 0.2) is 42.6 Å². The van der Waals surface area contributed by atoms with Gasteiger partial charge in [-0.1, -0.05) is 36.8 Å². The zero-order valence-electron chi connectivity index (χ0n) is 13.3. The number of nitrogens with two attached hydrogens (primary N) is 1. The minimum Gasteiger partial charge on any atom is -0.324 e. The molecule has 0 aliphatic heterocycles. The van der Waals surface area contributed by atoms with Crippen molar-refractivity contribution in [2.45, 2.75) is 20.3 Å². The van der Waals surface area contributed by atoms with Crippen LogP contribution in [0.4, 0.5) is 5.69 Å². The van der Waals surface area contributed by atoms with Crippen molar-refractivity contribution < 1.29 is 4.79 Å². The maximum atomic E-state index is 11.5. The Labute approximate surface area is 135 Å². The zero-order valence-corrected chi connectivity index (χ0v) is 13.3. The number of amides is 1. The Hall–Kier alpha value is -2.66. The van der Waals surface area contributed by atoms with Gasteiger partial charge in [0.05, 0.1) is 23.6 Å². The van der Waals surface area contributed by atoms with Gasteiger partial charge in [-0.2, -0.15) is 0 Å². The van der Waals surface area contributed by atoms with Crippen LogP contribution in [0.3, 0.4) is 0 Å². The number of fused-ring (bicyclic) bond motifs is 1. The van der Waals surface area contributed by atoms with E-state index in [-0.39, 0.29) is 12.5 Å². The van der Waals surface area contributed by atoms with Crippen molar-refractivity contribution in [2.24, 2.45) is 5.73 Å². The van der Waals surface area contributed by atoms with Gasteiger partial charge in [0.1, 0.15) is 5.65 Å². The SMILES string of the molecule is CCc1c(-c2ccc(C)cc2)nc2ccc(NC(=O)CN)cn12. The number of aromatic nitrogens is 2. The molecule has 3 aromatic rings. The van der Waals surface area contributed by atoms with Gasteiger partial charge in [0.2, 0.25) is 5.91 Å². The summed E-state index contributed by atoms with van der Waals surface area (Å²) in [6.45, 7) is 4.14. The van der Waals surface area contributed by atoms with E-state index in [1.165, 1.54) is 5.56 Å². The Morgan fingerprint density at radius 1 is 1.22 bits per heavy atom. The van der Waals surface area contributed by atoms with Gasteiger partial charge in [-0.05, 0) is 25.5 Å². The number of aryl methyl sites for hydroxylation is 2. The van der Waals surface area contributed by atoms with Crippen LogP contribution in [0, 0.1) is 6.92 Å². The molecule has 0 unspecified atom stereocenters. The summed E-state index contributed by atoms with van der Waals surface area (Å²) in [4.78, 5) is 16.2. The molecule has 5 nitrogen and oxygen atoms in total. The maximum absolute atomic E-state index is 11.5.